The van der Waals surface area contributed by atoms with Gasteiger partial charge in [0.2, 0.25) is 0 Å². The maximum Gasteiger partial charge on any atom is 0.356 e. The lowest BCUT2D eigenvalue weighted by molar-refractivity contribution is -0.141. The number of aromatic nitrogens is 2. The van der Waals surface area contributed by atoms with Crippen LogP contribution >= 0.6 is 0 Å². The SMILES string of the molecule is O=C1/C=C\C(=O)On2c(c(Nc3ccncc3)c3ccc(F)cc32)O1. The number of benzene rings is 1. The van der Waals surface area contributed by atoms with E-state index in [9.17, 15) is 14.0 Å². The first-order valence-corrected chi connectivity index (χ1v) is 7.25. The average Bonchev–Trinajstić information content (AvgIpc) is 2.85. The molecular formula is C17H10FN3O4. The summed E-state index contributed by atoms with van der Waals surface area (Å²) >= 11 is 0. The van der Waals surface area contributed by atoms with E-state index in [1.807, 2.05) is 0 Å². The van der Waals surface area contributed by atoms with Gasteiger partial charge in [0.15, 0.2) is 0 Å². The fourth-order valence-electron chi connectivity index (χ4n) is 2.48. The molecule has 0 spiro atoms. The van der Waals surface area contributed by atoms with Gasteiger partial charge < -0.3 is 14.9 Å². The van der Waals surface area contributed by atoms with Gasteiger partial charge in [-0.1, -0.05) is 0 Å². The second-order valence-corrected chi connectivity index (χ2v) is 5.16. The van der Waals surface area contributed by atoms with Gasteiger partial charge in [-0.3, -0.25) is 4.98 Å². The molecule has 0 amide bonds. The monoisotopic (exact) mass is 339 g/mol. The summed E-state index contributed by atoms with van der Waals surface area (Å²) in [6.07, 6.45) is 5.06. The zero-order valence-electron chi connectivity index (χ0n) is 12.6. The molecule has 0 saturated heterocycles. The Bertz CT molecular complexity index is 1030. The normalized spacial score (nSPS) is 14.9. The Balaban J connectivity index is 1.95. The van der Waals surface area contributed by atoms with Crippen LogP contribution in [0.15, 0.2) is 54.9 Å². The van der Waals surface area contributed by atoms with Crippen molar-refractivity contribution in [2.75, 3.05) is 5.32 Å². The number of anilines is 2. The number of carbonyl (C=O) groups is 2. The van der Waals surface area contributed by atoms with Crippen LogP contribution in [0.3, 0.4) is 0 Å². The van der Waals surface area contributed by atoms with Gasteiger partial charge in [-0.25, -0.2) is 14.0 Å². The molecule has 124 valence electrons. The Morgan fingerprint density at radius 3 is 2.60 bits per heavy atom. The Hall–Kier alpha value is -3.68. The van der Waals surface area contributed by atoms with Crippen LogP contribution in [-0.4, -0.2) is 21.7 Å². The van der Waals surface area contributed by atoms with Crippen LogP contribution in [0.1, 0.15) is 0 Å². The van der Waals surface area contributed by atoms with Gasteiger partial charge in [-0.05, 0) is 24.3 Å². The van der Waals surface area contributed by atoms with E-state index >= 15 is 0 Å². The van der Waals surface area contributed by atoms with Crippen molar-refractivity contribution >= 4 is 34.2 Å². The third-order valence-electron chi connectivity index (χ3n) is 3.53. The lowest BCUT2D eigenvalue weighted by Gasteiger charge is -2.12. The van der Waals surface area contributed by atoms with Crippen molar-refractivity contribution < 1.29 is 23.6 Å². The highest BCUT2D eigenvalue weighted by atomic mass is 19.1. The number of pyridine rings is 1. The first-order chi connectivity index (χ1) is 12.1. The van der Waals surface area contributed by atoms with Gasteiger partial charge in [0.1, 0.15) is 11.5 Å². The maximum atomic E-state index is 13.7. The van der Waals surface area contributed by atoms with Crippen molar-refractivity contribution in [2.45, 2.75) is 0 Å². The molecule has 1 aromatic carbocycles. The molecule has 1 aliphatic heterocycles. The summed E-state index contributed by atoms with van der Waals surface area (Å²) in [5, 5.41) is 3.59. The van der Waals surface area contributed by atoms with Gasteiger partial charge in [0, 0.05) is 41.7 Å². The minimum Gasteiger partial charge on any atom is -0.401 e. The summed E-state index contributed by atoms with van der Waals surface area (Å²) in [7, 11) is 0. The number of hydrogen-bond acceptors (Lipinski definition) is 6. The molecule has 0 radical (unpaired) electrons. The van der Waals surface area contributed by atoms with Crippen LogP contribution in [0.5, 0.6) is 5.88 Å². The Morgan fingerprint density at radius 2 is 1.80 bits per heavy atom. The van der Waals surface area contributed by atoms with E-state index in [4.69, 9.17) is 9.57 Å². The summed E-state index contributed by atoms with van der Waals surface area (Å²) in [4.78, 5) is 32.7. The summed E-state index contributed by atoms with van der Waals surface area (Å²) in [6.45, 7) is 0. The van der Waals surface area contributed by atoms with E-state index in [2.05, 4.69) is 10.3 Å². The number of fused-ring (bicyclic) bond motifs is 3. The highest BCUT2D eigenvalue weighted by Crippen LogP contribution is 2.39. The molecule has 3 heterocycles. The summed E-state index contributed by atoms with van der Waals surface area (Å²) in [6, 6.07) is 7.35. The number of nitrogens with zero attached hydrogens (tertiary/aromatic N) is 2. The van der Waals surface area contributed by atoms with E-state index < -0.39 is 17.8 Å². The van der Waals surface area contributed by atoms with Crippen molar-refractivity contribution in [2.24, 2.45) is 0 Å². The standard InChI is InChI=1S/C17H10FN3O4/c18-10-1-2-12-13(9-10)21-17(24-14(22)3-4-15(23)25-21)16(12)20-11-5-7-19-8-6-11/h1-9H,(H,19,20)/b4-3-. The van der Waals surface area contributed by atoms with Crippen molar-refractivity contribution in [3.8, 4) is 5.88 Å². The highest BCUT2D eigenvalue weighted by Gasteiger charge is 2.25. The summed E-state index contributed by atoms with van der Waals surface area (Å²) in [5.41, 5.74) is 1.26. The molecule has 4 rings (SSSR count). The minimum absolute atomic E-state index is 0.0555. The van der Waals surface area contributed by atoms with Gasteiger partial charge in [0.05, 0.1) is 5.52 Å². The van der Waals surface area contributed by atoms with Gasteiger partial charge in [-0.2, -0.15) is 0 Å². The van der Waals surface area contributed by atoms with Crippen molar-refractivity contribution in [1.82, 2.24) is 9.71 Å². The third-order valence-corrected chi connectivity index (χ3v) is 3.53. The molecule has 1 N–H and O–H groups in total. The number of ether oxygens (including phenoxy) is 1. The predicted molar refractivity (Wildman–Crippen MR) is 85.8 cm³/mol. The number of hydrogen-bond donors (Lipinski definition) is 1. The van der Waals surface area contributed by atoms with E-state index in [0.717, 1.165) is 16.9 Å². The molecule has 0 fully saturated rings. The topological polar surface area (TPSA) is 82.5 Å². The summed E-state index contributed by atoms with van der Waals surface area (Å²) in [5.74, 6) is -2.11. The smallest absolute Gasteiger partial charge is 0.356 e. The fourth-order valence-corrected chi connectivity index (χ4v) is 2.48. The molecule has 7 nitrogen and oxygen atoms in total. The van der Waals surface area contributed by atoms with Crippen molar-refractivity contribution in [3.05, 3.63) is 60.7 Å². The Kier molecular flexibility index (Phi) is 3.42. The van der Waals surface area contributed by atoms with E-state index in [1.165, 1.54) is 18.2 Å². The van der Waals surface area contributed by atoms with Gasteiger partial charge in [0.25, 0.3) is 5.88 Å². The molecule has 0 unspecified atom stereocenters. The predicted octanol–water partition coefficient (Wildman–Crippen LogP) is 2.35. The van der Waals surface area contributed by atoms with Crippen LogP contribution in [0, 0.1) is 5.82 Å². The molecule has 0 bridgehead atoms. The number of esters is 1. The van der Waals surface area contributed by atoms with Crippen LogP contribution in [0.25, 0.3) is 10.9 Å². The zero-order valence-corrected chi connectivity index (χ0v) is 12.6. The zero-order chi connectivity index (χ0) is 17.4. The lowest BCUT2D eigenvalue weighted by atomic mass is 10.2. The van der Waals surface area contributed by atoms with E-state index in [0.29, 0.717) is 16.8 Å². The minimum atomic E-state index is -0.783. The molecule has 1 aliphatic rings. The second kappa shape index (κ2) is 5.75. The number of carbonyl (C=O) groups excluding carboxylic acids is 2. The molecule has 0 aliphatic carbocycles. The fraction of sp³-hybridized carbons (Fsp3) is 0. The average molecular weight is 339 g/mol. The molecule has 8 heteroatoms. The molecule has 2 aromatic heterocycles. The second-order valence-electron chi connectivity index (χ2n) is 5.16. The molecule has 3 aromatic rings. The van der Waals surface area contributed by atoms with Crippen LogP contribution < -0.4 is 14.9 Å². The van der Waals surface area contributed by atoms with Crippen molar-refractivity contribution in [3.63, 3.8) is 0 Å². The van der Waals surface area contributed by atoms with Crippen molar-refractivity contribution in [1.29, 1.82) is 0 Å². The molecule has 0 atom stereocenters. The van der Waals surface area contributed by atoms with Crippen LogP contribution in [-0.2, 0) is 9.59 Å². The van der Waals surface area contributed by atoms with Gasteiger partial charge in [-0.15, -0.1) is 4.73 Å². The van der Waals surface area contributed by atoms with Crippen LogP contribution in [0.4, 0.5) is 15.8 Å². The highest BCUT2D eigenvalue weighted by molar-refractivity contribution is 6.02. The Labute approximate surface area is 140 Å². The third kappa shape index (κ3) is 2.69. The first kappa shape index (κ1) is 14.9. The van der Waals surface area contributed by atoms with E-state index in [1.54, 1.807) is 24.5 Å². The quantitative estimate of drug-likeness (QED) is 0.722. The first-order valence-electron chi connectivity index (χ1n) is 7.25. The Morgan fingerprint density at radius 1 is 1.04 bits per heavy atom. The number of nitrogens with one attached hydrogen (secondary N) is 1. The summed E-state index contributed by atoms with van der Waals surface area (Å²) < 4.78 is 20.0. The maximum absolute atomic E-state index is 13.7. The molecular weight excluding hydrogens is 329 g/mol. The molecule has 25 heavy (non-hydrogen) atoms. The number of halogens is 1. The number of rotatable bonds is 2. The molecule has 0 saturated carbocycles. The largest absolute Gasteiger partial charge is 0.401 e. The van der Waals surface area contributed by atoms with Crippen LogP contribution in [0.2, 0.25) is 0 Å². The lowest BCUT2D eigenvalue weighted by Crippen LogP contribution is -2.23. The van der Waals surface area contributed by atoms with Gasteiger partial charge >= 0.3 is 11.9 Å². The van der Waals surface area contributed by atoms with E-state index in [-0.39, 0.29) is 11.4 Å².